The molecule has 80 valence electrons. The number of hydrogen-bond donors (Lipinski definition) is 1. The second kappa shape index (κ2) is 3.22. The average Bonchev–Trinajstić information content (AvgIpc) is 2.44. The Kier molecular flexibility index (Phi) is 2.24. The van der Waals surface area contributed by atoms with Gasteiger partial charge in [0.25, 0.3) is 0 Å². The highest BCUT2D eigenvalue weighted by molar-refractivity contribution is 6.35. The summed E-state index contributed by atoms with van der Waals surface area (Å²) >= 11 is 6.12. The minimum absolute atomic E-state index is 0.461. The molecule has 2 aromatic rings. The van der Waals surface area contributed by atoms with Crippen LogP contribution in [0.25, 0.3) is 11.0 Å². The zero-order valence-electron chi connectivity index (χ0n) is 9.08. The number of para-hydroxylation sites is 1. The number of aryl methyl sites for hydroxylation is 1. The Morgan fingerprint density at radius 2 is 2.07 bits per heavy atom. The highest BCUT2D eigenvalue weighted by Crippen LogP contribution is 2.26. The summed E-state index contributed by atoms with van der Waals surface area (Å²) in [6.45, 7) is 3.87. The van der Waals surface area contributed by atoms with Crippen molar-refractivity contribution in [1.82, 2.24) is 9.55 Å². The third-order valence-electron chi connectivity index (χ3n) is 2.42. The molecular weight excluding hydrogens is 210 g/mol. The van der Waals surface area contributed by atoms with Crippen molar-refractivity contribution in [2.24, 2.45) is 12.8 Å². The van der Waals surface area contributed by atoms with Crippen molar-refractivity contribution in [2.45, 2.75) is 19.4 Å². The van der Waals surface area contributed by atoms with Gasteiger partial charge in [0.05, 0.1) is 21.6 Å². The van der Waals surface area contributed by atoms with E-state index in [1.54, 1.807) is 0 Å². The van der Waals surface area contributed by atoms with Crippen LogP contribution in [0.3, 0.4) is 0 Å². The number of nitrogens with zero attached hydrogens (tertiary/aromatic N) is 2. The summed E-state index contributed by atoms with van der Waals surface area (Å²) in [5.74, 6) is 0.839. The number of halogens is 1. The lowest BCUT2D eigenvalue weighted by molar-refractivity contribution is 0.498. The van der Waals surface area contributed by atoms with Gasteiger partial charge in [-0.3, -0.25) is 0 Å². The van der Waals surface area contributed by atoms with Crippen molar-refractivity contribution >= 4 is 22.6 Å². The van der Waals surface area contributed by atoms with Gasteiger partial charge in [-0.05, 0) is 26.0 Å². The Bertz CT molecular complexity index is 508. The second-order valence-corrected chi connectivity index (χ2v) is 4.73. The minimum atomic E-state index is -0.461. The zero-order chi connectivity index (χ0) is 11.2. The van der Waals surface area contributed by atoms with Crippen LogP contribution in [0, 0.1) is 0 Å². The van der Waals surface area contributed by atoms with Crippen molar-refractivity contribution in [2.75, 3.05) is 0 Å². The van der Waals surface area contributed by atoms with E-state index in [0.717, 1.165) is 16.9 Å². The predicted octanol–water partition coefficient (Wildman–Crippen LogP) is 2.42. The quantitative estimate of drug-likeness (QED) is 0.807. The number of aromatic nitrogens is 2. The maximum Gasteiger partial charge on any atom is 0.129 e. The number of fused-ring (bicyclic) bond motifs is 1. The lowest BCUT2D eigenvalue weighted by Crippen LogP contribution is -2.32. The minimum Gasteiger partial charge on any atom is -0.328 e. The van der Waals surface area contributed by atoms with E-state index in [9.17, 15) is 0 Å². The summed E-state index contributed by atoms with van der Waals surface area (Å²) in [5, 5.41) is 0.706. The molecule has 2 rings (SSSR count). The highest BCUT2D eigenvalue weighted by Gasteiger charge is 2.22. The molecule has 4 heteroatoms. The largest absolute Gasteiger partial charge is 0.328 e. The Labute approximate surface area is 93.9 Å². The molecule has 2 N–H and O–H groups in total. The normalized spacial score (nSPS) is 12.3. The summed E-state index contributed by atoms with van der Waals surface area (Å²) in [6, 6.07) is 5.69. The topological polar surface area (TPSA) is 43.8 Å². The lowest BCUT2D eigenvalue weighted by atomic mass is 10.1. The average molecular weight is 224 g/mol. The monoisotopic (exact) mass is 223 g/mol. The third kappa shape index (κ3) is 1.62. The van der Waals surface area contributed by atoms with Gasteiger partial charge in [-0.25, -0.2) is 4.98 Å². The van der Waals surface area contributed by atoms with Crippen LogP contribution >= 0.6 is 11.6 Å². The molecular formula is C11H14ClN3. The maximum absolute atomic E-state index is 6.12. The Hall–Kier alpha value is -1.06. The van der Waals surface area contributed by atoms with E-state index in [1.165, 1.54) is 0 Å². The van der Waals surface area contributed by atoms with E-state index in [-0.39, 0.29) is 0 Å². The van der Waals surface area contributed by atoms with Crippen molar-refractivity contribution in [3.8, 4) is 0 Å². The molecule has 0 fully saturated rings. The fourth-order valence-corrected chi connectivity index (χ4v) is 2.09. The predicted molar refractivity (Wildman–Crippen MR) is 62.9 cm³/mol. The molecule has 1 aromatic carbocycles. The van der Waals surface area contributed by atoms with E-state index in [1.807, 2.05) is 43.7 Å². The van der Waals surface area contributed by atoms with Crippen molar-refractivity contribution in [3.05, 3.63) is 29.0 Å². The van der Waals surface area contributed by atoms with Gasteiger partial charge >= 0.3 is 0 Å². The Balaban J connectivity index is 2.82. The molecule has 0 saturated heterocycles. The summed E-state index contributed by atoms with van der Waals surface area (Å²) < 4.78 is 1.96. The fraction of sp³-hybridized carbons (Fsp3) is 0.364. The zero-order valence-corrected chi connectivity index (χ0v) is 9.84. The van der Waals surface area contributed by atoms with Gasteiger partial charge in [0.1, 0.15) is 5.82 Å². The molecule has 0 bridgehead atoms. The molecule has 0 radical (unpaired) electrons. The molecule has 1 aromatic heterocycles. The molecule has 0 aliphatic rings. The van der Waals surface area contributed by atoms with Gasteiger partial charge in [-0.15, -0.1) is 0 Å². The van der Waals surface area contributed by atoms with Crippen LogP contribution in [0.2, 0.25) is 5.02 Å². The molecule has 15 heavy (non-hydrogen) atoms. The summed E-state index contributed by atoms with van der Waals surface area (Å²) in [5.41, 5.74) is 7.41. The Morgan fingerprint density at radius 1 is 1.40 bits per heavy atom. The Morgan fingerprint density at radius 3 is 2.60 bits per heavy atom. The molecule has 0 saturated carbocycles. The fourth-order valence-electron chi connectivity index (χ4n) is 1.80. The van der Waals surface area contributed by atoms with Gasteiger partial charge < -0.3 is 10.3 Å². The number of nitrogens with two attached hydrogens (primary N) is 1. The van der Waals surface area contributed by atoms with Crippen molar-refractivity contribution in [1.29, 1.82) is 0 Å². The number of benzene rings is 1. The number of imidazole rings is 1. The van der Waals surface area contributed by atoms with Crippen LogP contribution in [-0.2, 0) is 12.6 Å². The molecule has 0 amide bonds. The summed E-state index contributed by atoms with van der Waals surface area (Å²) in [7, 11) is 1.94. The summed E-state index contributed by atoms with van der Waals surface area (Å²) in [6.07, 6.45) is 0. The van der Waals surface area contributed by atoms with Gasteiger partial charge in [0, 0.05) is 7.05 Å². The molecule has 3 nitrogen and oxygen atoms in total. The standard InChI is InChI=1S/C11H14ClN3/c1-11(2,13)10-14-8-6-4-5-7(12)9(8)15(10)3/h4-6H,13H2,1-3H3. The van der Waals surface area contributed by atoms with Gasteiger partial charge in [0.2, 0.25) is 0 Å². The number of rotatable bonds is 1. The maximum atomic E-state index is 6.12. The van der Waals surface area contributed by atoms with E-state index in [2.05, 4.69) is 4.98 Å². The van der Waals surface area contributed by atoms with E-state index in [0.29, 0.717) is 5.02 Å². The van der Waals surface area contributed by atoms with Crippen molar-refractivity contribution in [3.63, 3.8) is 0 Å². The molecule has 0 atom stereocenters. The van der Waals surface area contributed by atoms with Gasteiger partial charge in [0.15, 0.2) is 0 Å². The van der Waals surface area contributed by atoms with E-state index < -0.39 is 5.54 Å². The SMILES string of the molecule is Cn1c(C(C)(C)N)nc2cccc(Cl)c21. The first-order chi connectivity index (χ1) is 6.91. The third-order valence-corrected chi connectivity index (χ3v) is 2.73. The van der Waals surface area contributed by atoms with E-state index in [4.69, 9.17) is 17.3 Å². The van der Waals surface area contributed by atoms with Crippen LogP contribution < -0.4 is 5.73 Å². The van der Waals surface area contributed by atoms with Gasteiger partial charge in [-0.2, -0.15) is 0 Å². The van der Waals surface area contributed by atoms with Crippen LogP contribution in [0.4, 0.5) is 0 Å². The molecule has 0 spiro atoms. The molecule has 1 heterocycles. The van der Waals surface area contributed by atoms with E-state index >= 15 is 0 Å². The molecule has 0 unspecified atom stereocenters. The smallest absolute Gasteiger partial charge is 0.129 e. The first kappa shape index (κ1) is 10.5. The van der Waals surface area contributed by atoms with Crippen LogP contribution in [0.5, 0.6) is 0 Å². The van der Waals surface area contributed by atoms with Crippen molar-refractivity contribution < 1.29 is 0 Å². The number of hydrogen-bond acceptors (Lipinski definition) is 2. The molecule has 0 aliphatic heterocycles. The van der Waals surface area contributed by atoms with Gasteiger partial charge in [-0.1, -0.05) is 17.7 Å². The van der Waals surface area contributed by atoms with Crippen LogP contribution in [0.15, 0.2) is 18.2 Å². The van der Waals surface area contributed by atoms with Crippen LogP contribution in [-0.4, -0.2) is 9.55 Å². The highest BCUT2D eigenvalue weighted by atomic mass is 35.5. The molecule has 0 aliphatic carbocycles. The summed E-state index contributed by atoms with van der Waals surface area (Å²) in [4.78, 5) is 4.50. The first-order valence-corrected chi connectivity index (χ1v) is 5.19. The first-order valence-electron chi connectivity index (χ1n) is 4.81. The lowest BCUT2D eigenvalue weighted by Gasteiger charge is -2.17. The van der Waals surface area contributed by atoms with Crippen LogP contribution in [0.1, 0.15) is 19.7 Å². The second-order valence-electron chi connectivity index (χ2n) is 4.32.